The topological polar surface area (TPSA) is 51.1 Å². The van der Waals surface area contributed by atoms with Crippen LogP contribution in [0, 0.1) is 0 Å². The van der Waals surface area contributed by atoms with Gasteiger partial charge in [0.2, 0.25) is 10.0 Å². The van der Waals surface area contributed by atoms with E-state index in [0.717, 1.165) is 5.69 Å². The summed E-state index contributed by atoms with van der Waals surface area (Å²) in [5.41, 5.74) is 1.40. The smallest absolute Gasteiger partial charge is 0.235 e. The minimum atomic E-state index is -3.33. The van der Waals surface area contributed by atoms with Crippen LogP contribution in [0.4, 0.5) is 5.69 Å². The molecule has 0 atom stereocenters. The van der Waals surface area contributed by atoms with E-state index in [1.54, 1.807) is 19.9 Å². The van der Waals surface area contributed by atoms with E-state index in [-0.39, 0.29) is 0 Å². The van der Waals surface area contributed by atoms with Gasteiger partial charge < -0.3 is 4.57 Å². The number of para-hydroxylation sites is 2. The predicted molar refractivity (Wildman–Crippen MR) is 73.4 cm³/mol. The largest absolute Gasteiger partial charge is 0.322 e. The van der Waals surface area contributed by atoms with Crippen molar-refractivity contribution in [2.45, 2.75) is 19.1 Å². The molecule has 1 aromatic heterocycles. The molecule has 5 heteroatoms. The number of hydrogen-bond donors (Lipinski definition) is 1. The summed E-state index contributed by atoms with van der Waals surface area (Å²) in [6, 6.07) is 11.1. The number of hydrogen-bond acceptors (Lipinski definition) is 2. The molecule has 96 valence electrons. The molecule has 0 radical (unpaired) electrons. The molecule has 0 amide bonds. The summed E-state index contributed by atoms with van der Waals surface area (Å²) in [6.45, 7) is 3.31. The van der Waals surface area contributed by atoms with E-state index in [9.17, 15) is 8.42 Å². The molecular weight excluding hydrogens is 248 g/mol. The fourth-order valence-corrected chi connectivity index (χ4v) is 2.27. The zero-order valence-corrected chi connectivity index (χ0v) is 11.2. The summed E-state index contributed by atoms with van der Waals surface area (Å²) in [5.74, 6) is 0. The number of anilines is 1. The van der Waals surface area contributed by atoms with Crippen molar-refractivity contribution in [3.8, 4) is 5.69 Å². The Balaban J connectivity index is 2.41. The number of aromatic nitrogens is 1. The molecule has 0 bridgehead atoms. The Morgan fingerprint density at radius 3 is 2.28 bits per heavy atom. The lowest BCUT2D eigenvalue weighted by Crippen LogP contribution is -2.23. The van der Waals surface area contributed by atoms with Crippen LogP contribution in [0.2, 0.25) is 0 Å². The van der Waals surface area contributed by atoms with Gasteiger partial charge >= 0.3 is 0 Å². The van der Waals surface area contributed by atoms with E-state index in [2.05, 4.69) is 4.72 Å². The third-order valence-corrected chi connectivity index (χ3v) is 4.41. The molecule has 0 fully saturated rings. The first-order valence-electron chi connectivity index (χ1n) is 5.75. The normalized spacial score (nSPS) is 11.7. The van der Waals surface area contributed by atoms with E-state index in [4.69, 9.17) is 0 Å². The maximum Gasteiger partial charge on any atom is 0.235 e. The first-order chi connectivity index (χ1) is 8.50. The Morgan fingerprint density at radius 2 is 1.67 bits per heavy atom. The highest BCUT2D eigenvalue weighted by Crippen LogP contribution is 2.22. The van der Waals surface area contributed by atoms with Gasteiger partial charge in [-0.3, -0.25) is 4.72 Å². The second-order valence-corrected chi connectivity index (χ2v) is 6.54. The van der Waals surface area contributed by atoms with Gasteiger partial charge in [-0.1, -0.05) is 12.1 Å². The molecule has 0 aliphatic heterocycles. The van der Waals surface area contributed by atoms with E-state index in [1.807, 2.05) is 47.3 Å². The highest BCUT2D eigenvalue weighted by Gasteiger charge is 2.17. The maximum absolute atomic E-state index is 11.9. The van der Waals surface area contributed by atoms with Crippen molar-refractivity contribution < 1.29 is 8.42 Å². The molecule has 0 saturated carbocycles. The van der Waals surface area contributed by atoms with Crippen molar-refractivity contribution in [1.82, 2.24) is 4.57 Å². The summed E-state index contributed by atoms with van der Waals surface area (Å²) in [5, 5.41) is -0.463. The molecule has 0 unspecified atom stereocenters. The van der Waals surface area contributed by atoms with Gasteiger partial charge in [0.25, 0.3) is 0 Å². The van der Waals surface area contributed by atoms with Crippen LogP contribution >= 0.6 is 0 Å². The van der Waals surface area contributed by atoms with Gasteiger partial charge in [0.05, 0.1) is 16.6 Å². The van der Waals surface area contributed by atoms with E-state index >= 15 is 0 Å². The van der Waals surface area contributed by atoms with E-state index in [1.165, 1.54) is 0 Å². The van der Waals surface area contributed by atoms with Crippen molar-refractivity contribution in [3.63, 3.8) is 0 Å². The summed E-state index contributed by atoms with van der Waals surface area (Å²) in [6.07, 6.45) is 3.75. The van der Waals surface area contributed by atoms with Crippen LogP contribution in [0.3, 0.4) is 0 Å². The van der Waals surface area contributed by atoms with Crippen molar-refractivity contribution in [1.29, 1.82) is 0 Å². The Labute approximate surface area is 107 Å². The van der Waals surface area contributed by atoms with Crippen molar-refractivity contribution in [2.75, 3.05) is 4.72 Å². The fourth-order valence-electron chi connectivity index (χ4n) is 1.55. The van der Waals surface area contributed by atoms with E-state index < -0.39 is 15.3 Å². The van der Waals surface area contributed by atoms with Gasteiger partial charge in [0, 0.05) is 12.4 Å². The van der Waals surface area contributed by atoms with Gasteiger partial charge in [0.15, 0.2) is 0 Å². The lowest BCUT2D eigenvalue weighted by molar-refractivity contribution is 0.592. The molecule has 0 spiro atoms. The standard InChI is InChI=1S/C13H16N2O2S/c1-11(2)18(16,17)14-12-7-3-4-8-13(12)15-9-5-6-10-15/h3-11,14H,1-2H3. The van der Waals surface area contributed by atoms with Gasteiger partial charge in [-0.05, 0) is 38.1 Å². The van der Waals surface area contributed by atoms with Gasteiger partial charge in [0.1, 0.15) is 0 Å². The minimum Gasteiger partial charge on any atom is -0.322 e. The highest BCUT2D eigenvalue weighted by molar-refractivity contribution is 7.93. The molecule has 4 nitrogen and oxygen atoms in total. The summed E-state index contributed by atoms with van der Waals surface area (Å²) < 4.78 is 28.3. The lowest BCUT2D eigenvalue weighted by Gasteiger charge is -2.14. The fraction of sp³-hybridized carbons (Fsp3) is 0.231. The summed E-state index contributed by atoms with van der Waals surface area (Å²) in [4.78, 5) is 0. The van der Waals surface area contributed by atoms with Crippen LogP contribution < -0.4 is 4.72 Å². The summed E-state index contributed by atoms with van der Waals surface area (Å²) >= 11 is 0. The molecule has 1 N–H and O–H groups in total. The van der Waals surface area contributed by atoms with Crippen molar-refractivity contribution >= 4 is 15.7 Å². The molecule has 1 heterocycles. The molecule has 2 rings (SSSR count). The SMILES string of the molecule is CC(C)S(=O)(=O)Nc1ccccc1-n1cccc1. The second-order valence-electron chi connectivity index (χ2n) is 4.30. The molecule has 2 aromatic rings. The zero-order valence-electron chi connectivity index (χ0n) is 10.4. The zero-order chi connectivity index (χ0) is 13.2. The first kappa shape index (κ1) is 12.7. The molecule has 0 saturated heterocycles. The van der Waals surface area contributed by atoms with Crippen molar-refractivity contribution in [3.05, 3.63) is 48.8 Å². The minimum absolute atomic E-state index is 0.463. The van der Waals surface area contributed by atoms with Crippen LogP contribution in [0.1, 0.15) is 13.8 Å². The summed E-state index contributed by atoms with van der Waals surface area (Å²) in [7, 11) is -3.33. The molecule has 0 aliphatic carbocycles. The van der Waals surface area contributed by atoms with Gasteiger partial charge in [-0.15, -0.1) is 0 Å². The third kappa shape index (κ3) is 2.56. The second kappa shape index (κ2) is 4.86. The monoisotopic (exact) mass is 264 g/mol. The van der Waals surface area contributed by atoms with Crippen LogP contribution in [-0.2, 0) is 10.0 Å². The van der Waals surface area contributed by atoms with Crippen LogP contribution in [0.5, 0.6) is 0 Å². The maximum atomic E-state index is 11.9. The first-order valence-corrected chi connectivity index (χ1v) is 7.29. The van der Waals surface area contributed by atoms with Crippen LogP contribution in [0.25, 0.3) is 5.69 Å². The van der Waals surface area contributed by atoms with Gasteiger partial charge in [-0.2, -0.15) is 0 Å². The van der Waals surface area contributed by atoms with Gasteiger partial charge in [-0.25, -0.2) is 8.42 Å². The Kier molecular flexibility index (Phi) is 3.43. The number of sulfonamides is 1. The average molecular weight is 264 g/mol. The van der Waals surface area contributed by atoms with Crippen molar-refractivity contribution in [2.24, 2.45) is 0 Å². The van der Waals surface area contributed by atoms with E-state index in [0.29, 0.717) is 5.69 Å². The molecular formula is C13H16N2O2S. The van der Waals surface area contributed by atoms with Crippen LogP contribution in [-0.4, -0.2) is 18.2 Å². The molecule has 18 heavy (non-hydrogen) atoms. The predicted octanol–water partition coefficient (Wildman–Crippen LogP) is 2.63. The quantitative estimate of drug-likeness (QED) is 0.923. The number of nitrogens with zero attached hydrogens (tertiary/aromatic N) is 1. The lowest BCUT2D eigenvalue weighted by atomic mass is 10.3. The molecule has 0 aliphatic rings. The number of benzene rings is 1. The van der Waals surface area contributed by atoms with Crippen LogP contribution in [0.15, 0.2) is 48.8 Å². The Hall–Kier alpha value is -1.75. The number of nitrogens with one attached hydrogen (secondary N) is 1. The third-order valence-electron chi connectivity index (χ3n) is 2.66. The molecule has 1 aromatic carbocycles. The average Bonchev–Trinajstić information content (AvgIpc) is 2.82. The number of rotatable bonds is 4. The Bertz CT molecular complexity index is 616. The highest BCUT2D eigenvalue weighted by atomic mass is 32.2. The Morgan fingerprint density at radius 1 is 1.06 bits per heavy atom.